The molecular weight excluding hydrogens is 469 g/mol. The van der Waals surface area contributed by atoms with Crippen LogP contribution in [0.25, 0.3) is 22.3 Å². The number of piperazine rings is 1. The Morgan fingerprint density at radius 2 is 1.68 bits per heavy atom. The first-order valence-electron chi connectivity index (χ1n) is 12.5. The van der Waals surface area contributed by atoms with E-state index in [0.29, 0.717) is 48.6 Å². The van der Waals surface area contributed by atoms with Gasteiger partial charge in [0.1, 0.15) is 5.82 Å². The molecular formula is C29H30FN5O2. The van der Waals surface area contributed by atoms with Crippen molar-refractivity contribution in [2.45, 2.75) is 33.7 Å². The molecule has 0 bridgehead atoms. The molecule has 7 nitrogen and oxygen atoms in total. The Kier molecular flexibility index (Phi) is 6.50. The van der Waals surface area contributed by atoms with Crippen LogP contribution in [0.5, 0.6) is 0 Å². The highest BCUT2D eigenvalue weighted by Gasteiger charge is 2.27. The van der Waals surface area contributed by atoms with Gasteiger partial charge >= 0.3 is 0 Å². The van der Waals surface area contributed by atoms with Gasteiger partial charge in [-0.3, -0.25) is 9.59 Å². The Morgan fingerprint density at radius 1 is 0.973 bits per heavy atom. The fourth-order valence-corrected chi connectivity index (χ4v) is 4.75. The first-order valence-corrected chi connectivity index (χ1v) is 12.5. The number of hydrogen-bond acceptors (Lipinski definition) is 5. The number of fused-ring (bicyclic) bond motifs is 1. The van der Waals surface area contributed by atoms with Gasteiger partial charge in [0.2, 0.25) is 0 Å². The van der Waals surface area contributed by atoms with Crippen molar-refractivity contribution in [1.29, 1.82) is 0 Å². The molecule has 1 amide bonds. The first kappa shape index (κ1) is 24.6. The maximum Gasteiger partial charge on any atom is 0.254 e. The number of hydrogen-bond donors (Lipinski definition) is 0. The number of benzene rings is 2. The van der Waals surface area contributed by atoms with E-state index in [2.05, 4.69) is 5.10 Å². The molecule has 5 rings (SSSR count). The molecule has 2 aromatic heterocycles. The van der Waals surface area contributed by atoms with Crippen LogP contribution in [0.4, 0.5) is 10.1 Å². The Labute approximate surface area is 215 Å². The maximum absolute atomic E-state index is 14.7. The van der Waals surface area contributed by atoms with E-state index in [9.17, 15) is 14.0 Å². The molecule has 0 spiro atoms. The fraction of sp³-hybridized carbons (Fsp3) is 0.310. The number of ketones is 1. The number of halogens is 1. The van der Waals surface area contributed by atoms with E-state index in [-0.39, 0.29) is 17.7 Å². The molecule has 0 N–H and O–H groups in total. The lowest BCUT2D eigenvalue weighted by Gasteiger charge is -2.36. The van der Waals surface area contributed by atoms with Crippen molar-refractivity contribution in [2.75, 3.05) is 31.1 Å². The fourth-order valence-electron chi connectivity index (χ4n) is 4.75. The Balaban J connectivity index is 1.44. The van der Waals surface area contributed by atoms with Crippen LogP contribution in [0, 0.1) is 12.7 Å². The third-order valence-corrected chi connectivity index (χ3v) is 6.90. The number of amides is 1. The van der Waals surface area contributed by atoms with Crippen LogP contribution in [0.1, 0.15) is 53.1 Å². The van der Waals surface area contributed by atoms with E-state index in [1.54, 1.807) is 23.2 Å². The monoisotopic (exact) mass is 499 g/mol. The predicted molar refractivity (Wildman–Crippen MR) is 143 cm³/mol. The summed E-state index contributed by atoms with van der Waals surface area (Å²) in [5.74, 6) is -0.682. The zero-order chi connectivity index (χ0) is 26.3. The second-order valence-electron chi connectivity index (χ2n) is 9.84. The summed E-state index contributed by atoms with van der Waals surface area (Å²) in [6, 6.07) is 14.6. The number of anilines is 1. The highest BCUT2D eigenvalue weighted by Crippen LogP contribution is 2.29. The van der Waals surface area contributed by atoms with Gasteiger partial charge in [-0.25, -0.2) is 14.1 Å². The number of aromatic nitrogens is 3. The SMILES string of the molecule is CC(=O)c1ccc(N2CCN(C(=O)c3cc(-c4ccc(C)cc4)nc4c3cnn4C(C)C)CC2)c(F)c1. The average molecular weight is 500 g/mol. The predicted octanol–water partition coefficient (Wildman–Crippen LogP) is 5.29. The van der Waals surface area contributed by atoms with Gasteiger partial charge in [0.05, 0.1) is 28.5 Å². The number of rotatable bonds is 5. The second kappa shape index (κ2) is 9.76. The third-order valence-electron chi connectivity index (χ3n) is 6.90. The Morgan fingerprint density at radius 3 is 2.30 bits per heavy atom. The molecule has 4 aromatic rings. The van der Waals surface area contributed by atoms with Gasteiger partial charge in [-0.2, -0.15) is 5.10 Å². The van der Waals surface area contributed by atoms with E-state index < -0.39 is 5.82 Å². The largest absolute Gasteiger partial charge is 0.366 e. The lowest BCUT2D eigenvalue weighted by molar-refractivity contribution is 0.0748. The van der Waals surface area contributed by atoms with Crippen LogP contribution in [0.2, 0.25) is 0 Å². The molecule has 1 fully saturated rings. The van der Waals surface area contributed by atoms with E-state index >= 15 is 0 Å². The molecule has 8 heteroatoms. The summed E-state index contributed by atoms with van der Waals surface area (Å²) in [5, 5.41) is 5.25. The van der Waals surface area contributed by atoms with Crippen molar-refractivity contribution >= 4 is 28.4 Å². The number of pyridine rings is 1. The van der Waals surface area contributed by atoms with Gasteiger partial charge in [0.15, 0.2) is 11.4 Å². The summed E-state index contributed by atoms with van der Waals surface area (Å²) in [6.07, 6.45) is 1.72. The summed E-state index contributed by atoms with van der Waals surface area (Å²) in [5.41, 5.74) is 4.86. The summed E-state index contributed by atoms with van der Waals surface area (Å²) < 4.78 is 16.5. The summed E-state index contributed by atoms with van der Waals surface area (Å²) in [7, 11) is 0. The molecule has 2 aromatic carbocycles. The summed E-state index contributed by atoms with van der Waals surface area (Å²) >= 11 is 0. The van der Waals surface area contributed by atoms with Gasteiger partial charge in [-0.1, -0.05) is 29.8 Å². The van der Waals surface area contributed by atoms with Crippen LogP contribution in [-0.4, -0.2) is 57.5 Å². The topological polar surface area (TPSA) is 71.3 Å². The molecule has 1 aliphatic heterocycles. The quantitative estimate of drug-likeness (QED) is 0.349. The number of carbonyl (C=O) groups is 2. The van der Waals surface area contributed by atoms with Crippen LogP contribution in [-0.2, 0) is 0 Å². The highest BCUT2D eigenvalue weighted by molar-refractivity contribution is 6.06. The minimum absolute atomic E-state index is 0.0869. The van der Waals surface area contributed by atoms with Crippen LogP contribution in [0.3, 0.4) is 0 Å². The van der Waals surface area contributed by atoms with E-state index in [1.807, 2.05) is 60.7 Å². The standard InChI is InChI=1S/C29H30FN5O2/c1-18(2)35-28-24(17-31-35)23(16-26(32-28)21-7-5-19(3)6-8-21)29(37)34-13-11-33(12-14-34)27-10-9-22(20(4)36)15-25(27)30/h5-10,15-18H,11-14H2,1-4H3. The van der Waals surface area contributed by atoms with Crippen LogP contribution in [0.15, 0.2) is 54.7 Å². The van der Waals surface area contributed by atoms with Crippen LogP contribution < -0.4 is 4.90 Å². The molecule has 0 saturated carbocycles. The smallest absolute Gasteiger partial charge is 0.254 e. The highest BCUT2D eigenvalue weighted by atomic mass is 19.1. The van der Waals surface area contributed by atoms with E-state index in [1.165, 1.54) is 13.0 Å². The summed E-state index contributed by atoms with van der Waals surface area (Å²) in [4.78, 5) is 34.0. The molecule has 1 aliphatic rings. The average Bonchev–Trinajstić information content (AvgIpc) is 3.33. The molecule has 37 heavy (non-hydrogen) atoms. The number of Topliss-reactive ketones (excluding diaryl/α,β-unsaturated/α-hetero) is 1. The van der Waals surface area contributed by atoms with Crippen molar-refractivity contribution < 1.29 is 14.0 Å². The van der Waals surface area contributed by atoms with Crippen molar-refractivity contribution in [3.05, 3.63) is 77.2 Å². The Bertz CT molecular complexity index is 1480. The first-order chi connectivity index (χ1) is 17.7. The zero-order valence-corrected chi connectivity index (χ0v) is 21.5. The lowest BCUT2D eigenvalue weighted by atomic mass is 10.0. The second-order valence-corrected chi connectivity index (χ2v) is 9.84. The normalized spacial score (nSPS) is 14.0. The molecule has 1 saturated heterocycles. The van der Waals surface area contributed by atoms with E-state index in [4.69, 9.17) is 4.98 Å². The number of aryl methyl sites for hydroxylation is 1. The minimum atomic E-state index is -0.424. The zero-order valence-electron chi connectivity index (χ0n) is 21.5. The van der Waals surface area contributed by atoms with Gasteiger partial charge in [0, 0.05) is 43.3 Å². The Hall–Kier alpha value is -4.07. The number of carbonyl (C=O) groups excluding carboxylic acids is 2. The van der Waals surface area contributed by atoms with Crippen molar-refractivity contribution in [2.24, 2.45) is 0 Å². The van der Waals surface area contributed by atoms with Gasteiger partial charge in [-0.15, -0.1) is 0 Å². The number of nitrogens with zero attached hydrogens (tertiary/aromatic N) is 5. The molecule has 0 aliphatic carbocycles. The van der Waals surface area contributed by atoms with Gasteiger partial charge in [0.25, 0.3) is 5.91 Å². The molecule has 0 radical (unpaired) electrons. The molecule has 190 valence electrons. The third kappa shape index (κ3) is 4.71. The minimum Gasteiger partial charge on any atom is -0.366 e. The lowest BCUT2D eigenvalue weighted by Crippen LogP contribution is -2.49. The maximum atomic E-state index is 14.7. The van der Waals surface area contributed by atoms with E-state index in [0.717, 1.165) is 22.2 Å². The molecule has 0 unspecified atom stereocenters. The van der Waals surface area contributed by atoms with Crippen molar-refractivity contribution in [3.63, 3.8) is 0 Å². The molecule has 0 atom stereocenters. The van der Waals surface area contributed by atoms with Gasteiger partial charge < -0.3 is 9.80 Å². The molecule has 3 heterocycles. The van der Waals surface area contributed by atoms with Crippen LogP contribution >= 0.6 is 0 Å². The van der Waals surface area contributed by atoms with Gasteiger partial charge in [-0.05, 0) is 52.0 Å². The van der Waals surface area contributed by atoms with Crippen molar-refractivity contribution in [1.82, 2.24) is 19.7 Å². The summed E-state index contributed by atoms with van der Waals surface area (Å²) in [6.45, 7) is 9.42. The van der Waals surface area contributed by atoms with Crippen molar-refractivity contribution in [3.8, 4) is 11.3 Å².